The van der Waals surface area contributed by atoms with Gasteiger partial charge in [0, 0.05) is 60.3 Å². The summed E-state index contributed by atoms with van der Waals surface area (Å²) >= 11 is 0. The zero-order valence-corrected chi connectivity index (χ0v) is 23.0. The smallest absolute Gasteiger partial charge is 0.469 e. The molecule has 0 saturated heterocycles. The normalized spacial score (nSPS) is 14.6. The van der Waals surface area contributed by atoms with Crippen LogP contribution < -0.4 is 0 Å². The van der Waals surface area contributed by atoms with Crippen molar-refractivity contribution in [3.05, 3.63) is 0 Å². The molecule has 0 aromatic heterocycles. The van der Waals surface area contributed by atoms with Crippen LogP contribution in [0.4, 0.5) is 0 Å². The van der Waals surface area contributed by atoms with Crippen molar-refractivity contribution >= 4 is 23.6 Å². The lowest BCUT2D eigenvalue weighted by Gasteiger charge is -2.35. The second-order valence-corrected chi connectivity index (χ2v) is 13.9. The molecule has 0 amide bonds. The highest BCUT2D eigenvalue weighted by Crippen LogP contribution is 2.33. The van der Waals surface area contributed by atoms with E-state index in [0.717, 1.165) is 38.8 Å². The fourth-order valence-electron chi connectivity index (χ4n) is 4.13. The maximum Gasteiger partial charge on any atom is 0.503 e. The summed E-state index contributed by atoms with van der Waals surface area (Å²) in [5.41, 5.74) is 0.334. The van der Waals surface area contributed by atoms with Gasteiger partial charge in [0.25, 0.3) is 0 Å². The van der Waals surface area contributed by atoms with Gasteiger partial charge >= 0.3 is 23.6 Å². The first-order chi connectivity index (χ1) is 14.8. The minimum Gasteiger partial charge on any atom is -0.469 e. The summed E-state index contributed by atoms with van der Waals surface area (Å²) in [4.78, 5) is 14.0. The summed E-state index contributed by atoms with van der Waals surface area (Å²) < 4.78 is 39.0. The van der Waals surface area contributed by atoms with Crippen LogP contribution in [-0.2, 0) is 36.1 Å². The topological polar surface area (TPSA) is 84.9 Å². The molecule has 0 spiro atoms. The lowest BCUT2D eigenvalue weighted by atomic mass is 10.2. The second kappa shape index (κ2) is 16.3. The van der Waals surface area contributed by atoms with Crippen LogP contribution in [0, 0.1) is 0 Å². The van der Waals surface area contributed by atoms with Crippen LogP contribution in [0.2, 0.25) is 11.1 Å². The van der Waals surface area contributed by atoms with E-state index in [-0.39, 0.29) is 17.1 Å². The van der Waals surface area contributed by atoms with Crippen molar-refractivity contribution in [1.82, 2.24) is 4.90 Å². The van der Waals surface area contributed by atoms with Gasteiger partial charge in [-0.15, -0.1) is 0 Å². The Balaban J connectivity index is 5.31. The molecular weight excluding hydrogens is 438 g/mol. The Morgan fingerprint density at radius 2 is 1.03 bits per heavy atom. The molecule has 2 atom stereocenters. The number of esters is 1. The highest BCUT2D eigenvalue weighted by molar-refractivity contribution is 6.62. The van der Waals surface area contributed by atoms with Crippen molar-refractivity contribution in [2.24, 2.45) is 0 Å². The van der Waals surface area contributed by atoms with E-state index in [1.807, 2.05) is 0 Å². The van der Waals surface area contributed by atoms with Crippen molar-refractivity contribution in [3.63, 3.8) is 0 Å². The average Bonchev–Trinajstić information content (AvgIpc) is 2.82. The highest BCUT2D eigenvalue weighted by Gasteiger charge is 2.47. The Hall–Kier alpha value is -0.376. The number of nitrogens with zero attached hydrogens (tertiary/aromatic N) is 1. The van der Waals surface area contributed by atoms with E-state index in [1.165, 1.54) is 7.11 Å². The Labute approximate surface area is 191 Å². The zero-order chi connectivity index (χ0) is 23.9. The molecule has 0 aliphatic rings. The van der Waals surface area contributed by atoms with Crippen molar-refractivity contribution in [1.29, 1.82) is 0 Å². The molecule has 186 valence electrons. The number of rotatable bonds is 19. The van der Waals surface area contributed by atoms with Gasteiger partial charge in [-0.1, -0.05) is 13.8 Å². The number of hydrogen-bond acceptors (Lipinski definition) is 9. The molecule has 0 N–H and O–H groups in total. The van der Waals surface area contributed by atoms with Crippen LogP contribution >= 0.6 is 0 Å². The minimum atomic E-state index is -2.74. The average molecular weight is 484 g/mol. The number of ether oxygens (including phenoxy) is 1. The molecule has 0 heterocycles. The lowest BCUT2D eigenvalue weighted by Crippen LogP contribution is -2.49. The van der Waals surface area contributed by atoms with Gasteiger partial charge in [-0.05, 0) is 38.8 Å². The maximum atomic E-state index is 11.7. The largest absolute Gasteiger partial charge is 0.503 e. The Kier molecular flexibility index (Phi) is 16.1. The highest BCUT2D eigenvalue weighted by atomic mass is 28.4. The van der Waals surface area contributed by atoms with Gasteiger partial charge in [0.05, 0.1) is 13.5 Å². The van der Waals surface area contributed by atoms with E-state index in [0.29, 0.717) is 13.0 Å². The fraction of sp³-hybridized carbons (Fsp3) is 0.950. The Bertz CT molecular complexity index is 430. The second-order valence-electron chi connectivity index (χ2n) is 7.39. The molecular formula is C20H45NO8Si2. The molecule has 0 radical (unpaired) electrons. The van der Waals surface area contributed by atoms with Crippen molar-refractivity contribution in [3.8, 4) is 0 Å². The molecule has 2 unspecified atom stereocenters. The van der Waals surface area contributed by atoms with E-state index in [2.05, 4.69) is 18.7 Å². The minimum absolute atomic E-state index is 0.167. The van der Waals surface area contributed by atoms with E-state index >= 15 is 0 Å². The van der Waals surface area contributed by atoms with Crippen LogP contribution in [0.1, 0.15) is 46.0 Å². The quantitative estimate of drug-likeness (QED) is 0.203. The zero-order valence-electron chi connectivity index (χ0n) is 21.0. The van der Waals surface area contributed by atoms with Crippen LogP contribution in [0.3, 0.4) is 0 Å². The summed E-state index contributed by atoms with van der Waals surface area (Å²) in [5.74, 6) is -0.215. The first-order valence-electron chi connectivity index (χ1n) is 10.9. The van der Waals surface area contributed by atoms with Gasteiger partial charge in [-0.25, -0.2) is 0 Å². The molecule has 0 aliphatic carbocycles. The number of methoxy groups -OCH3 is 1. The van der Waals surface area contributed by atoms with E-state index in [4.69, 9.17) is 31.3 Å². The number of carbonyl (C=O) groups excluding carboxylic acids is 1. The van der Waals surface area contributed by atoms with Crippen molar-refractivity contribution in [2.45, 2.75) is 57.0 Å². The Morgan fingerprint density at radius 1 is 0.677 bits per heavy atom. The number of carbonyl (C=O) groups is 1. The fourth-order valence-corrected chi connectivity index (χ4v) is 9.09. The summed E-state index contributed by atoms with van der Waals surface area (Å²) in [6, 6.07) is 0. The molecule has 9 nitrogen and oxygen atoms in total. The van der Waals surface area contributed by atoms with Crippen LogP contribution in [0.25, 0.3) is 0 Å². The van der Waals surface area contributed by atoms with Crippen molar-refractivity contribution in [2.75, 3.05) is 69.4 Å². The predicted octanol–water partition coefficient (Wildman–Crippen LogP) is 2.95. The SMILES string of the molecule is CCC(CCN(CCC(=O)OC)CCC(CC)[Si](OC)(OC)OC)[Si](OC)(OC)OC. The molecule has 0 fully saturated rings. The molecule has 0 bridgehead atoms. The summed E-state index contributed by atoms with van der Waals surface area (Å²) in [7, 11) is 5.82. The van der Waals surface area contributed by atoms with E-state index in [1.54, 1.807) is 42.7 Å². The third kappa shape index (κ3) is 8.82. The molecule has 0 aromatic carbocycles. The first-order valence-corrected chi connectivity index (χ1v) is 14.5. The van der Waals surface area contributed by atoms with Gasteiger partial charge < -0.3 is 36.2 Å². The molecule has 0 aliphatic heterocycles. The summed E-state index contributed by atoms with van der Waals surface area (Å²) in [6.07, 6.45) is 3.80. The van der Waals surface area contributed by atoms with E-state index < -0.39 is 17.6 Å². The summed E-state index contributed by atoms with van der Waals surface area (Å²) in [6.45, 7) is 6.43. The molecule has 0 saturated carbocycles. The summed E-state index contributed by atoms with van der Waals surface area (Å²) in [5, 5.41) is 0. The first kappa shape index (κ1) is 30.6. The predicted molar refractivity (Wildman–Crippen MR) is 124 cm³/mol. The van der Waals surface area contributed by atoms with E-state index in [9.17, 15) is 4.79 Å². The van der Waals surface area contributed by atoms with Crippen LogP contribution in [0.15, 0.2) is 0 Å². The molecule has 31 heavy (non-hydrogen) atoms. The molecule has 0 rings (SSSR count). The standard InChI is InChI=1S/C20H45NO8Si2/c1-10-18(30(24-4,25-5)26-6)12-15-21(17-14-20(22)23-3)16-13-19(11-2)31(27-7,28-8)29-9/h18-19H,10-17H2,1-9H3. The van der Waals surface area contributed by atoms with Crippen molar-refractivity contribution < 1.29 is 36.1 Å². The van der Waals surface area contributed by atoms with Crippen LogP contribution in [0.5, 0.6) is 0 Å². The molecule has 11 heteroatoms. The van der Waals surface area contributed by atoms with Gasteiger partial charge in [0.1, 0.15) is 0 Å². The van der Waals surface area contributed by atoms with Crippen LogP contribution in [-0.4, -0.2) is 97.9 Å². The van der Waals surface area contributed by atoms with Gasteiger partial charge in [-0.3, -0.25) is 4.79 Å². The number of hydrogen-bond donors (Lipinski definition) is 0. The van der Waals surface area contributed by atoms with Gasteiger partial charge in [-0.2, -0.15) is 0 Å². The maximum absolute atomic E-state index is 11.7. The third-order valence-corrected chi connectivity index (χ3v) is 12.9. The van der Waals surface area contributed by atoms with Gasteiger partial charge in [0.15, 0.2) is 0 Å². The lowest BCUT2D eigenvalue weighted by molar-refractivity contribution is -0.141. The third-order valence-electron chi connectivity index (χ3n) is 6.14. The van der Waals surface area contributed by atoms with Gasteiger partial charge in [0.2, 0.25) is 0 Å². The monoisotopic (exact) mass is 483 g/mol. The molecule has 0 aromatic rings. The Morgan fingerprint density at radius 3 is 1.29 bits per heavy atom.